The van der Waals surface area contributed by atoms with E-state index in [-0.39, 0.29) is 23.8 Å². The van der Waals surface area contributed by atoms with E-state index in [4.69, 9.17) is 4.42 Å². The Morgan fingerprint density at radius 2 is 1.91 bits per heavy atom. The number of oxazole rings is 1. The number of tetrazole rings is 1. The molecule has 1 saturated heterocycles. The minimum Gasteiger partial charge on any atom is -0.436 e. The summed E-state index contributed by atoms with van der Waals surface area (Å²) in [5.41, 5.74) is 5.20. The van der Waals surface area contributed by atoms with Gasteiger partial charge in [-0.1, -0.05) is 18.2 Å². The van der Waals surface area contributed by atoms with E-state index in [2.05, 4.69) is 59.1 Å². The van der Waals surface area contributed by atoms with Gasteiger partial charge in [-0.15, -0.1) is 10.2 Å². The molecule has 2 atom stereocenters. The number of amides is 2. The summed E-state index contributed by atoms with van der Waals surface area (Å²) in [6.07, 6.45) is 2.54. The van der Waals surface area contributed by atoms with Gasteiger partial charge in [0, 0.05) is 68.7 Å². The minimum absolute atomic E-state index is 0.0593. The van der Waals surface area contributed by atoms with Gasteiger partial charge in [0.2, 0.25) is 11.8 Å². The third-order valence-corrected chi connectivity index (χ3v) is 8.23. The van der Waals surface area contributed by atoms with Crippen molar-refractivity contribution in [2.24, 2.45) is 7.05 Å². The van der Waals surface area contributed by atoms with Gasteiger partial charge in [0.05, 0.1) is 13.1 Å². The maximum atomic E-state index is 13.6. The number of aryl methyl sites for hydroxylation is 1. The number of carbonyl (C=O) groups is 2. The topological polar surface area (TPSA) is 147 Å². The van der Waals surface area contributed by atoms with Gasteiger partial charge in [-0.2, -0.15) is 4.80 Å². The number of nitrogens with one attached hydrogen (secondary N) is 2. The van der Waals surface area contributed by atoms with Crippen LogP contribution in [0.15, 0.2) is 65.2 Å². The molecular weight excluding hydrogens is 560 g/mol. The Kier molecular flexibility index (Phi) is 7.22. The molecule has 2 amide bonds. The van der Waals surface area contributed by atoms with Gasteiger partial charge in [-0.05, 0) is 53.6 Å². The van der Waals surface area contributed by atoms with Crippen molar-refractivity contribution in [3.63, 3.8) is 0 Å². The molecule has 7 rings (SSSR count). The molecular formula is C31H32N10O3. The molecule has 1 fully saturated rings. The Balaban J connectivity index is 1.08. The molecule has 2 aliphatic heterocycles. The molecule has 13 heteroatoms. The molecule has 2 unspecified atom stereocenters. The molecule has 0 aliphatic carbocycles. The van der Waals surface area contributed by atoms with E-state index in [0.29, 0.717) is 65.9 Å². The van der Waals surface area contributed by atoms with Gasteiger partial charge in [-0.25, -0.2) is 4.98 Å². The molecule has 5 aromatic rings. The number of rotatable bonds is 6. The highest BCUT2D eigenvalue weighted by atomic mass is 16.3. The van der Waals surface area contributed by atoms with Gasteiger partial charge in [0.1, 0.15) is 11.2 Å². The predicted molar refractivity (Wildman–Crippen MR) is 163 cm³/mol. The Labute approximate surface area is 253 Å². The Morgan fingerprint density at radius 3 is 2.70 bits per heavy atom. The van der Waals surface area contributed by atoms with E-state index < -0.39 is 0 Å². The zero-order valence-corrected chi connectivity index (χ0v) is 24.5. The van der Waals surface area contributed by atoms with E-state index in [1.165, 1.54) is 17.3 Å². The second-order valence-corrected chi connectivity index (χ2v) is 11.1. The van der Waals surface area contributed by atoms with Crippen molar-refractivity contribution in [1.82, 2.24) is 40.0 Å². The Bertz CT molecular complexity index is 1840. The van der Waals surface area contributed by atoms with Crippen molar-refractivity contribution in [2.75, 3.05) is 43.4 Å². The summed E-state index contributed by atoms with van der Waals surface area (Å²) in [5, 5.41) is 19.4. The third-order valence-electron chi connectivity index (χ3n) is 8.23. The zero-order chi connectivity index (χ0) is 30.2. The van der Waals surface area contributed by atoms with Crippen LogP contribution < -0.4 is 10.6 Å². The van der Waals surface area contributed by atoms with Crippen LogP contribution in [0.25, 0.3) is 22.6 Å². The van der Waals surface area contributed by atoms with E-state index in [0.717, 1.165) is 18.7 Å². The highest BCUT2D eigenvalue weighted by Gasteiger charge is 2.38. The summed E-state index contributed by atoms with van der Waals surface area (Å²) in [6.45, 7) is 4.75. The number of nitrogens with zero attached hydrogens (tertiary/aromatic N) is 8. The molecule has 5 heterocycles. The predicted octanol–water partition coefficient (Wildman–Crippen LogP) is 3.47. The van der Waals surface area contributed by atoms with Crippen LogP contribution in [0.2, 0.25) is 0 Å². The largest absolute Gasteiger partial charge is 0.436 e. The maximum Gasteiger partial charge on any atom is 0.272 e. The molecule has 13 nitrogen and oxygen atoms in total. The van der Waals surface area contributed by atoms with Crippen molar-refractivity contribution in [2.45, 2.75) is 25.3 Å². The quantitative estimate of drug-likeness (QED) is 0.300. The number of fused-ring (bicyclic) bond motifs is 2. The first-order valence-corrected chi connectivity index (χ1v) is 14.7. The molecule has 0 saturated carbocycles. The number of piperazine rings is 1. The Morgan fingerprint density at radius 1 is 1.07 bits per heavy atom. The SMILES string of the molecule is CC(=O)Nc1ccc2oc(-c3ccnc(C(=O)N4CCN(C(c5nnn(C)n5)C5CCNc6ccccc65)CC4)c3)nc2c1. The first kappa shape index (κ1) is 27.7. The van der Waals surface area contributed by atoms with Gasteiger partial charge >= 0.3 is 0 Å². The van der Waals surface area contributed by atoms with E-state index in [1.807, 2.05) is 11.0 Å². The van der Waals surface area contributed by atoms with E-state index in [1.54, 1.807) is 43.6 Å². The molecule has 224 valence electrons. The summed E-state index contributed by atoms with van der Waals surface area (Å²) < 4.78 is 5.95. The molecule has 2 aliphatic rings. The minimum atomic E-state index is -0.163. The monoisotopic (exact) mass is 592 g/mol. The van der Waals surface area contributed by atoms with Crippen LogP contribution in [0.1, 0.15) is 47.2 Å². The van der Waals surface area contributed by atoms with Crippen LogP contribution in [0.3, 0.4) is 0 Å². The number of anilines is 2. The number of aromatic nitrogens is 6. The molecule has 2 N–H and O–H groups in total. The summed E-state index contributed by atoms with van der Waals surface area (Å²) in [6, 6.07) is 17.1. The second-order valence-electron chi connectivity index (χ2n) is 11.1. The van der Waals surface area contributed by atoms with E-state index >= 15 is 0 Å². The standard InChI is InChI=1S/C31H32N10O3/c1-19(42)34-21-7-8-27-25(18-21)35-30(44-27)20-9-11-33-26(17-20)31(43)41-15-13-40(14-16-41)28(29-36-38-39(2)37-29)23-10-12-32-24-6-4-3-5-22(23)24/h3-9,11,17-18,23,28,32H,10,12-16H2,1-2H3,(H,34,42). The average Bonchev–Trinajstić information content (AvgIpc) is 3.67. The zero-order valence-electron chi connectivity index (χ0n) is 24.5. The molecule has 3 aromatic heterocycles. The van der Waals surface area contributed by atoms with E-state index in [9.17, 15) is 9.59 Å². The van der Waals surface area contributed by atoms with Crippen molar-refractivity contribution < 1.29 is 14.0 Å². The van der Waals surface area contributed by atoms with Gasteiger partial charge in [0.15, 0.2) is 11.4 Å². The number of para-hydroxylation sites is 1. The van der Waals surface area contributed by atoms with Crippen molar-refractivity contribution in [3.05, 3.63) is 77.9 Å². The molecule has 0 spiro atoms. The smallest absolute Gasteiger partial charge is 0.272 e. The van der Waals surface area contributed by atoms with Gasteiger partial charge in [-0.3, -0.25) is 19.5 Å². The number of carbonyl (C=O) groups excluding carboxylic acids is 2. The lowest BCUT2D eigenvalue weighted by atomic mass is 9.83. The first-order valence-electron chi connectivity index (χ1n) is 14.7. The summed E-state index contributed by atoms with van der Waals surface area (Å²) in [7, 11) is 1.78. The summed E-state index contributed by atoms with van der Waals surface area (Å²) >= 11 is 0. The molecule has 0 radical (unpaired) electrons. The highest BCUT2D eigenvalue weighted by Crippen LogP contribution is 2.42. The average molecular weight is 593 g/mol. The van der Waals surface area contributed by atoms with Crippen molar-refractivity contribution in [3.8, 4) is 11.5 Å². The first-order chi connectivity index (χ1) is 21.4. The van der Waals surface area contributed by atoms with Crippen LogP contribution in [0, 0.1) is 0 Å². The molecule has 44 heavy (non-hydrogen) atoms. The number of pyridine rings is 1. The maximum absolute atomic E-state index is 13.6. The van der Waals surface area contributed by atoms with Crippen LogP contribution >= 0.6 is 0 Å². The molecule has 2 aromatic carbocycles. The van der Waals surface area contributed by atoms with Crippen LogP contribution in [0.4, 0.5) is 11.4 Å². The lowest BCUT2D eigenvalue weighted by Gasteiger charge is -2.42. The lowest BCUT2D eigenvalue weighted by Crippen LogP contribution is -2.51. The lowest BCUT2D eigenvalue weighted by molar-refractivity contribution is -0.114. The highest BCUT2D eigenvalue weighted by molar-refractivity contribution is 5.94. The Hall–Kier alpha value is -5.17. The van der Waals surface area contributed by atoms with Crippen LogP contribution in [-0.2, 0) is 11.8 Å². The fourth-order valence-corrected chi connectivity index (χ4v) is 6.22. The van der Waals surface area contributed by atoms with Gasteiger partial charge in [0.25, 0.3) is 5.91 Å². The summed E-state index contributed by atoms with van der Waals surface area (Å²) in [4.78, 5) is 39.7. The summed E-state index contributed by atoms with van der Waals surface area (Å²) in [5.74, 6) is 0.970. The number of hydrogen-bond donors (Lipinski definition) is 2. The number of benzene rings is 2. The fourth-order valence-electron chi connectivity index (χ4n) is 6.22. The van der Waals surface area contributed by atoms with Crippen molar-refractivity contribution in [1.29, 1.82) is 0 Å². The fraction of sp³-hybridized carbons (Fsp3) is 0.323. The molecule has 0 bridgehead atoms. The van der Waals surface area contributed by atoms with Crippen LogP contribution in [0.5, 0.6) is 0 Å². The number of hydrogen-bond acceptors (Lipinski definition) is 10. The normalized spacial score (nSPS) is 17.6. The van der Waals surface area contributed by atoms with Gasteiger partial charge < -0.3 is 20.0 Å². The van der Waals surface area contributed by atoms with Crippen LogP contribution in [-0.4, -0.2) is 84.5 Å². The third kappa shape index (κ3) is 5.37. The van der Waals surface area contributed by atoms with Crippen molar-refractivity contribution >= 4 is 34.3 Å². The second kappa shape index (κ2) is 11.5.